The van der Waals surface area contributed by atoms with E-state index in [-0.39, 0.29) is 5.91 Å². The first-order chi connectivity index (χ1) is 11.7. The van der Waals surface area contributed by atoms with Gasteiger partial charge in [-0.3, -0.25) is 14.7 Å². The number of amides is 1. The number of halogens is 1. The summed E-state index contributed by atoms with van der Waals surface area (Å²) in [4.78, 5) is 18.7. The van der Waals surface area contributed by atoms with E-state index in [1.165, 1.54) is 5.56 Å². The van der Waals surface area contributed by atoms with Crippen molar-refractivity contribution in [2.24, 2.45) is 5.92 Å². The van der Waals surface area contributed by atoms with Crippen LogP contribution >= 0.6 is 11.6 Å². The molecule has 4 nitrogen and oxygen atoms in total. The van der Waals surface area contributed by atoms with E-state index in [1.54, 1.807) is 12.1 Å². The zero-order chi connectivity index (χ0) is 16.8. The summed E-state index contributed by atoms with van der Waals surface area (Å²) in [6, 6.07) is 11.3. The minimum absolute atomic E-state index is 0.0835. The van der Waals surface area contributed by atoms with Gasteiger partial charge < -0.3 is 5.32 Å². The lowest BCUT2D eigenvalue weighted by Gasteiger charge is -2.32. The number of pyridine rings is 1. The smallest absolute Gasteiger partial charge is 0.252 e. The summed E-state index contributed by atoms with van der Waals surface area (Å²) in [5.41, 5.74) is 1.85. The maximum atomic E-state index is 12.2. The van der Waals surface area contributed by atoms with E-state index in [2.05, 4.69) is 27.3 Å². The number of piperidine rings is 1. The molecule has 1 aliphatic heterocycles. The molecule has 0 atom stereocenters. The maximum Gasteiger partial charge on any atom is 0.252 e. The molecule has 1 aromatic carbocycles. The molecule has 126 valence electrons. The van der Waals surface area contributed by atoms with Crippen LogP contribution in [0.3, 0.4) is 0 Å². The fraction of sp³-hybridized carbons (Fsp3) is 0.368. The van der Waals surface area contributed by atoms with Crippen molar-refractivity contribution in [3.05, 3.63) is 64.9 Å². The molecule has 0 spiro atoms. The Bertz CT molecular complexity index is 669. The number of nitrogens with one attached hydrogen (secondary N) is 1. The number of nitrogens with zero attached hydrogens (tertiary/aromatic N) is 2. The second-order valence-electron chi connectivity index (χ2n) is 6.26. The van der Waals surface area contributed by atoms with Crippen LogP contribution < -0.4 is 5.32 Å². The van der Waals surface area contributed by atoms with Crippen LogP contribution in [0.4, 0.5) is 0 Å². The fourth-order valence-electron chi connectivity index (χ4n) is 3.07. The highest BCUT2D eigenvalue weighted by molar-refractivity contribution is 6.33. The average Bonchev–Trinajstić information content (AvgIpc) is 2.62. The van der Waals surface area contributed by atoms with Crippen molar-refractivity contribution < 1.29 is 4.79 Å². The highest BCUT2D eigenvalue weighted by Crippen LogP contribution is 2.19. The highest BCUT2D eigenvalue weighted by Gasteiger charge is 2.20. The molecule has 2 heterocycles. The van der Waals surface area contributed by atoms with Gasteiger partial charge in [-0.15, -0.1) is 0 Å². The van der Waals surface area contributed by atoms with Gasteiger partial charge in [-0.2, -0.15) is 0 Å². The lowest BCUT2D eigenvalue weighted by molar-refractivity contribution is 0.0935. The molecule has 1 fully saturated rings. The van der Waals surface area contributed by atoms with E-state index < -0.39 is 0 Å². The third kappa shape index (κ3) is 4.56. The van der Waals surface area contributed by atoms with E-state index in [0.29, 0.717) is 23.0 Å². The molecule has 1 aliphatic rings. The van der Waals surface area contributed by atoms with Crippen LogP contribution in [-0.4, -0.2) is 35.4 Å². The summed E-state index contributed by atoms with van der Waals surface area (Å²) in [6.45, 7) is 3.82. The first-order valence-corrected chi connectivity index (χ1v) is 8.74. The van der Waals surface area contributed by atoms with E-state index >= 15 is 0 Å². The average molecular weight is 344 g/mol. The largest absolute Gasteiger partial charge is 0.352 e. The molecule has 0 bridgehead atoms. The first kappa shape index (κ1) is 16.9. The van der Waals surface area contributed by atoms with Crippen molar-refractivity contribution in [3.8, 4) is 0 Å². The molecule has 1 aromatic heterocycles. The van der Waals surface area contributed by atoms with Crippen LogP contribution in [0.15, 0.2) is 48.8 Å². The molecule has 24 heavy (non-hydrogen) atoms. The van der Waals surface area contributed by atoms with Gasteiger partial charge in [-0.1, -0.05) is 23.7 Å². The van der Waals surface area contributed by atoms with Crippen molar-refractivity contribution in [2.45, 2.75) is 19.4 Å². The standard InChI is InChI=1S/C19H22ClN3O/c20-18-4-2-1-3-17(18)19(24)22-13-15-7-11-23(12-8-15)14-16-5-9-21-10-6-16/h1-6,9-10,15H,7-8,11-14H2,(H,22,24). The summed E-state index contributed by atoms with van der Waals surface area (Å²) < 4.78 is 0. The molecule has 0 aliphatic carbocycles. The molecule has 0 radical (unpaired) electrons. The summed E-state index contributed by atoms with van der Waals surface area (Å²) >= 11 is 6.06. The van der Waals surface area contributed by atoms with Gasteiger partial charge in [-0.25, -0.2) is 0 Å². The molecule has 3 rings (SSSR count). The molecule has 2 aromatic rings. The third-order valence-electron chi connectivity index (χ3n) is 4.53. The van der Waals surface area contributed by atoms with Crippen molar-refractivity contribution in [2.75, 3.05) is 19.6 Å². The van der Waals surface area contributed by atoms with Crippen molar-refractivity contribution in [1.29, 1.82) is 0 Å². The lowest BCUT2D eigenvalue weighted by atomic mass is 9.96. The molecular weight excluding hydrogens is 322 g/mol. The van der Waals surface area contributed by atoms with Gasteiger partial charge in [0.05, 0.1) is 10.6 Å². The number of likely N-dealkylation sites (tertiary alicyclic amines) is 1. The second-order valence-corrected chi connectivity index (χ2v) is 6.67. The normalized spacial score (nSPS) is 16.0. The van der Waals surface area contributed by atoms with Crippen LogP contribution in [0.2, 0.25) is 5.02 Å². The van der Waals surface area contributed by atoms with Crippen molar-refractivity contribution >= 4 is 17.5 Å². The molecule has 1 N–H and O–H groups in total. The Kier molecular flexibility index (Phi) is 5.83. The number of carbonyl (C=O) groups excluding carboxylic acids is 1. The zero-order valence-corrected chi connectivity index (χ0v) is 14.4. The molecule has 0 unspecified atom stereocenters. The minimum Gasteiger partial charge on any atom is -0.352 e. The Balaban J connectivity index is 1.43. The molecule has 5 heteroatoms. The number of rotatable bonds is 5. The SMILES string of the molecule is O=C(NCC1CCN(Cc2ccncc2)CC1)c1ccccc1Cl. The Hall–Kier alpha value is -1.91. The van der Waals surface area contributed by atoms with Crippen molar-refractivity contribution in [3.63, 3.8) is 0 Å². The van der Waals surface area contributed by atoms with Crippen LogP contribution in [-0.2, 0) is 6.54 Å². The van der Waals surface area contributed by atoms with Gasteiger partial charge in [0.15, 0.2) is 0 Å². The number of hydrogen-bond donors (Lipinski definition) is 1. The van der Waals surface area contributed by atoms with E-state index in [9.17, 15) is 4.79 Å². The number of hydrogen-bond acceptors (Lipinski definition) is 3. The van der Waals surface area contributed by atoms with Gasteiger partial charge >= 0.3 is 0 Å². The van der Waals surface area contributed by atoms with Crippen molar-refractivity contribution in [1.82, 2.24) is 15.2 Å². The predicted molar refractivity (Wildman–Crippen MR) is 96.0 cm³/mol. The van der Waals surface area contributed by atoms with Gasteiger partial charge in [0.1, 0.15) is 0 Å². The lowest BCUT2D eigenvalue weighted by Crippen LogP contribution is -2.38. The molecular formula is C19H22ClN3O. The zero-order valence-electron chi connectivity index (χ0n) is 13.6. The van der Waals surface area contributed by atoms with E-state index in [1.807, 2.05) is 24.5 Å². The molecule has 0 saturated carbocycles. The van der Waals surface area contributed by atoms with Gasteiger partial charge in [0, 0.05) is 25.5 Å². The quantitative estimate of drug-likeness (QED) is 0.905. The predicted octanol–water partition coefficient (Wildman–Crippen LogP) is 3.38. The summed E-state index contributed by atoms with van der Waals surface area (Å²) in [5.74, 6) is 0.449. The van der Waals surface area contributed by atoms with Gasteiger partial charge in [0.25, 0.3) is 5.91 Å². The van der Waals surface area contributed by atoms with Crippen LogP contribution in [0.25, 0.3) is 0 Å². The Morgan fingerprint density at radius 1 is 1.17 bits per heavy atom. The highest BCUT2D eigenvalue weighted by atomic mass is 35.5. The second kappa shape index (κ2) is 8.27. The first-order valence-electron chi connectivity index (χ1n) is 8.36. The van der Waals surface area contributed by atoms with E-state index in [4.69, 9.17) is 11.6 Å². The van der Waals surface area contributed by atoms with Crippen LogP contribution in [0.5, 0.6) is 0 Å². The number of benzene rings is 1. The topological polar surface area (TPSA) is 45.2 Å². The summed E-state index contributed by atoms with van der Waals surface area (Å²) in [7, 11) is 0. The minimum atomic E-state index is -0.0835. The van der Waals surface area contributed by atoms with Gasteiger partial charge in [0.2, 0.25) is 0 Å². The molecule has 1 amide bonds. The number of carbonyl (C=O) groups is 1. The maximum absolute atomic E-state index is 12.2. The molecule has 1 saturated heterocycles. The Labute approximate surface area is 147 Å². The van der Waals surface area contributed by atoms with Gasteiger partial charge in [-0.05, 0) is 61.7 Å². The van der Waals surface area contributed by atoms with Crippen LogP contribution in [0, 0.1) is 5.92 Å². The van der Waals surface area contributed by atoms with Crippen LogP contribution in [0.1, 0.15) is 28.8 Å². The Morgan fingerprint density at radius 2 is 1.88 bits per heavy atom. The Morgan fingerprint density at radius 3 is 2.58 bits per heavy atom. The third-order valence-corrected chi connectivity index (χ3v) is 4.86. The van der Waals surface area contributed by atoms with E-state index in [0.717, 1.165) is 32.5 Å². The fourth-order valence-corrected chi connectivity index (χ4v) is 3.29. The summed E-state index contributed by atoms with van der Waals surface area (Å²) in [5, 5.41) is 3.53. The summed E-state index contributed by atoms with van der Waals surface area (Å²) in [6.07, 6.45) is 5.89. The number of aromatic nitrogens is 1. The monoisotopic (exact) mass is 343 g/mol.